The lowest BCUT2D eigenvalue weighted by molar-refractivity contribution is -0.121. The van der Waals surface area contributed by atoms with Gasteiger partial charge in [0.1, 0.15) is 5.01 Å². The summed E-state index contributed by atoms with van der Waals surface area (Å²) < 4.78 is 7.38. The summed E-state index contributed by atoms with van der Waals surface area (Å²) in [5, 5.41) is 9.67. The van der Waals surface area contributed by atoms with E-state index in [-0.39, 0.29) is 24.8 Å². The van der Waals surface area contributed by atoms with Crippen molar-refractivity contribution in [1.82, 2.24) is 20.1 Å². The van der Waals surface area contributed by atoms with Gasteiger partial charge in [0, 0.05) is 6.42 Å². The average molecular weight is 386 g/mol. The summed E-state index contributed by atoms with van der Waals surface area (Å²) in [5.41, 5.74) is 0.928. The second-order valence-electron chi connectivity index (χ2n) is 5.48. The first-order valence-electron chi connectivity index (χ1n) is 7.92. The standard InChI is InChI=1S/C17H14N4O3S2/c22-14(18-10-15-19-11-4-1-2-5-12(11)26-15)7-8-21-17(23)24-16(20-21)13-6-3-9-25-13/h1-6,9H,7-8,10H2,(H,18,22). The highest BCUT2D eigenvalue weighted by molar-refractivity contribution is 7.18. The number of aromatic nitrogens is 3. The molecule has 0 bridgehead atoms. The van der Waals surface area contributed by atoms with E-state index in [1.807, 2.05) is 41.8 Å². The maximum atomic E-state index is 12.0. The summed E-state index contributed by atoms with van der Waals surface area (Å²) >= 11 is 2.99. The van der Waals surface area contributed by atoms with Crippen LogP contribution in [-0.4, -0.2) is 20.7 Å². The molecular formula is C17H14N4O3S2. The summed E-state index contributed by atoms with van der Waals surface area (Å²) in [6.07, 6.45) is 0.140. The second-order valence-corrected chi connectivity index (χ2v) is 7.54. The van der Waals surface area contributed by atoms with Crippen molar-refractivity contribution in [3.05, 3.63) is 57.3 Å². The molecule has 0 aliphatic rings. The Balaban J connectivity index is 1.33. The smallest absolute Gasteiger partial charge is 0.387 e. The number of benzene rings is 1. The molecule has 0 unspecified atom stereocenters. The molecule has 0 aliphatic heterocycles. The lowest BCUT2D eigenvalue weighted by atomic mass is 10.3. The van der Waals surface area contributed by atoms with Crippen LogP contribution in [0.5, 0.6) is 0 Å². The van der Waals surface area contributed by atoms with Crippen molar-refractivity contribution >= 4 is 38.8 Å². The van der Waals surface area contributed by atoms with Crippen molar-refractivity contribution < 1.29 is 9.21 Å². The number of carbonyl (C=O) groups excluding carboxylic acids is 1. The normalized spacial score (nSPS) is 11.1. The van der Waals surface area contributed by atoms with E-state index >= 15 is 0 Å². The SMILES string of the molecule is O=C(CCn1nc(-c2cccs2)oc1=O)NCc1nc2ccccc2s1. The number of fused-ring (bicyclic) bond motifs is 1. The Hall–Kier alpha value is -2.78. The Bertz CT molecular complexity index is 1060. The van der Waals surface area contributed by atoms with Gasteiger partial charge in [-0.25, -0.2) is 9.78 Å². The lowest BCUT2D eigenvalue weighted by Crippen LogP contribution is -2.26. The van der Waals surface area contributed by atoms with Crippen LogP contribution in [0.3, 0.4) is 0 Å². The van der Waals surface area contributed by atoms with Crippen LogP contribution in [-0.2, 0) is 17.9 Å². The van der Waals surface area contributed by atoms with E-state index in [1.165, 1.54) is 16.0 Å². The van der Waals surface area contributed by atoms with Gasteiger partial charge in [-0.2, -0.15) is 4.68 Å². The minimum absolute atomic E-state index is 0.140. The monoisotopic (exact) mass is 386 g/mol. The highest BCUT2D eigenvalue weighted by Gasteiger charge is 2.12. The van der Waals surface area contributed by atoms with E-state index in [9.17, 15) is 9.59 Å². The molecule has 4 aromatic rings. The van der Waals surface area contributed by atoms with Gasteiger partial charge >= 0.3 is 5.76 Å². The number of para-hydroxylation sites is 1. The minimum atomic E-state index is -0.563. The number of amides is 1. The van der Waals surface area contributed by atoms with Gasteiger partial charge in [0.05, 0.1) is 28.2 Å². The van der Waals surface area contributed by atoms with Gasteiger partial charge in [0.25, 0.3) is 5.89 Å². The molecule has 0 saturated carbocycles. The van der Waals surface area contributed by atoms with E-state index in [2.05, 4.69) is 15.4 Å². The number of thiazole rings is 1. The van der Waals surface area contributed by atoms with E-state index in [1.54, 1.807) is 11.3 Å². The second kappa shape index (κ2) is 7.22. The summed E-state index contributed by atoms with van der Waals surface area (Å²) in [7, 11) is 0. The highest BCUT2D eigenvalue weighted by Crippen LogP contribution is 2.22. The molecule has 0 saturated heterocycles. The van der Waals surface area contributed by atoms with E-state index < -0.39 is 5.76 Å². The lowest BCUT2D eigenvalue weighted by Gasteiger charge is -2.02. The zero-order chi connectivity index (χ0) is 17.9. The van der Waals surface area contributed by atoms with E-state index in [0.29, 0.717) is 6.54 Å². The topological polar surface area (TPSA) is 90.0 Å². The van der Waals surface area contributed by atoms with Crippen LogP contribution in [0.2, 0.25) is 0 Å². The van der Waals surface area contributed by atoms with Crippen LogP contribution >= 0.6 is 22.7 Å². The summed E-state index contributed by atoms with van der Waals surface area (Å²) in [5.74, 6) is -0.455. The maximum absolute atomic E-state index is 12.0. The largest absolute Gasteiger partial charge is 0.437 e. The molecule has 0 spiro atoms. The Morgan fingerprint density at radius 3 is 2.92 bits per heavy atom. The summed E-state index contributed by atoms with van der Waals surface area (Å²) in [4.78, 5) is 29.1. The molecule has 1 aromatic carbocycles. The Morgan fingerprint density at radius 1 is 1.23 bits per heavy atom. The third-order valence-electron chi connectivity index (χ3n) is 3.66. The summed E-state index contributed by atoms with van der Waals surface area (Å²) in [6.45, 7) is 0.533. The van der Waals surface area contributed by atoms with E-state index in [4.69, 9.17) is 4.42 Å². The number of hydrogen-bond acceptors (Lipinski definition) is 7. The molecule has 7 nitrogen and oxygen atoms in total. The molecule has 0 fully saturated rings. The molecule has 1 amide bonds. The molecule has 3 heterocycles. The third kappa shape index (κ3) is 3.58. The number of nitrogens with one attached hydrogen (secondary N) is 1. The van der Waals surface area contributed by atoms with Gasteiger partial charge < -0.3 is 9.73 Å². The number of rotatable bonds is 6. The highest BCUT2D eigenvalue weighted by atomic mass is 32.1. The van der Waals surface area contributed by atoms with Crippen molar-refractivity contribution in [3.63, 3.8) is 0 Å². The predicted molar refractivity (Wildman–Crippen MR) is 100 cm³/mol. The molecule has 1 N–H and O–H groups in total. The fourth-order valence-corrected chi connectivity index (χ4v) is 3.96. The van der Waals surface area contributed by atoms with Crippen molar-refractivity contribution in [2.75, 3.05) is 0 Å². The van der Waals surface area contributed by atoms with Crippen LogP contribution < -0.4 is 11.1 Å². The van der Waals surface area contributed by atoms with Crippen LogP contribution in [0.25, 0.3) is 21.0 Å². The number of hydrogen-bond donors (Lipinski definition) is 1. The number of aryl methyl sites for hydroxylation is 1. The number of thiophene rings is 1. The first-order chi connectivity index (χ1) is 12.7. The number of carbonyl (C=O) groups is 1. The van der Waals surface area contributed by atoms with Gasteiger partial charge in [-0.15, -0.1) is 27.8 Å². The molecule has 26 heavy (non-hydrogen) atoms. The first kappa shape index (κ1) is 16.7. The Labute approximate surface area is 155 Å². The van der Waals surface area contributed by atoms with Gasteiger partial charge in [0.15, 0.2) is 0 Å². The van der Waals surface area contributed by atoms with Crippen LogP contribution in [0.4, 0.5) is 0 Å². The Kier molecular flexibility index (Phi) is 4.63. The molecule has 0 radical (unpaired) electrons. The molecule has 132 valence electrons. The van der Waals surface area contributed by atoms with Crippen molar-refractivity contribution in [1.29, 1.82) is 0 Å². The van der Waals surface area contributed by atoms with Crippen molar-refractivity contribution in [2.45, 2.75) is 19.5 Å². The zero-order valence-electron chi connectivity index (χ0n) is 13.5. The van der Waals surface area contributed by atoms with Gasteiger partial charge in [-0.05, 0) is 23.6 Å². The molecular weight excluding hydrogens is 372 g/mol. The molecule has 9 heteroatoms. The van der Waals surface area contributed by atoms with Gasteiger partial charge in [-0.1, -0.05) is 18.2 Å². The number of nitrogens with zero attached hydrogens (tertiary/aromatic N) is 3. The fraction of sp³-hybridized carbons (Fsp3) is 0.176. The van der Waals surface area contributed by atoms with E-state index in [0.717, 1.165) is 20.1 Å². The third-order valence-corrected chi connectivity index (χ3v) is 5.56. The summed E-state index contributed by atoms with van der Waals surface area (Å²) in [6, 6.07) is 11.5. The predicted octanol–water partition coefficient (Wildman–Crippen LogP) is 2.88. The van der Waals surface area contributed by atoms with Crippen LogP contribution in [0.15, 0.2) is 51.0 Å². The zero-order valence-corrected chi connectivity index (χ0v) is 15.2. The van der Waals surface area contributed by atoms with Crippen molar-refractivity contribution in [2.24, 2.45) is 0 Å². The van der Waals surface area contributed by atoms with Gasteiger partial charge in [-0.3, -0.25) is 4.79 Å². The first-order valence-corrected chi connectivity index (χ1v) is 9.61. The quantitative estimate of drug-likeness (QED) is 0.550. The molecule has 3 aromatic heterocycles. The van der Waals surface area contributed by atoms with Crippen molar-refractivity contribution in [3.8, 4) is 10.8 Å². The van der Waals surface area contributed by atoms with Crippen LogP contribution in [0, 0.1) is 0 Å². The molecule has 0 aliphatic carbocycles. The molecule has 0 atom stereocenters. The molecule has 4 rings (SSSR count). The fourth-order valence-electron chi connectivity index (χ4n) is 2.41. The Morgan fingerprint density at radius 2 is 2.12 bits per heavy atom. The maximum Gasteiger partial charge on any atom is 0.437 e. The van der Waals surface area contributed by atoms with Crippen LogP contribution in [0.1, 0.15) is 11.4 Å². The average Bonchev–Trinajstić information content (AvgIpc) is 3.37. The van der Waals surface area contributed by atoms with Gasteiger partial charge in [0.2, 0.25) is 5.91 Å². The minimum Gasteiger partial charge on any atom is -0.387 e.